The SMILES string of the molecule is CC1CCN(c2ccc(NC(=O)CNS(=O)(=O)c3ccccc3)cc2)CC1. The average molecular weight is 388 g/mol. The zero-order chi connectivity index (χ0) is 19.3. The molecule has 6 nitrogen and oxygen atoms in total. The molecule has 0 spiro atoms. The molecule has 1 aliphatic rings. The summed E-state index contributed by atoms with van der Waals surface area (Å²) in [6, 6.07) is 15.6. The number of benzene rings is 2. The Hall–Kier alpha value is -2.38. The van der Waals surface area contributed by atoms with Crippen LogP contribution in [0, 0.1) is 5.92 Å². The maximum Gasteiger partial charge on any atom is 0.241 e. The fraction of sp³-hybridized carbons (Fsp3) is 0.350. The third kappa shape index (κ3) is 5.30. The fourth-order valence-electron chi connectivity index (χ4n) is 3.07. The number of sulfonamides is 1. The minimum absolute atomic E-state index is 0.137. The Kier molecular flexibility index (Phi) is 6.13. The van der Waals surface area contributed by atoms with E-state index in [2.05, 4.69) is 21.9 Å². The van der Waals surface area contributed by atoms with Crippen LogP contribution < -0.4 is 14.9 Å². The van der Waals surface area contributed by atoms with Gasteiger partial charge in [-0.05, 0) is 55.2 Å². The number of nitrogens with one attached hydrogen (secondary N) is 2. The quantitative estimate of drug-likeness (QED) is 0.799. The second kappa shape index (κ2) is 8.54. The van der Waals surface area contributed by atoms with Gasteiger partial charge in [0, 0.05) is 24.5 Å². The Morgan fingerprint density at radius 1 is 1.04 bits per heavy atom. The molecule has 1 fully saturated rings. The van der Waals surface area contributed by atoms with Gasteiger partial charge in [0.15, 0.2) is 0 Å². The number of rotatable bonds is 6. The lowest BCUT2D eigenvalue weighted by Gasteiger charge is -2.32. The molecule has 1 amide bonds. The lowest BCUT2D eigenvalue weighted by molar-refractivity contribution is -0.115. The van der Waals surface area contributed by atoms with E-state index in [1.165, 1.54) is 25.0 Å². The van der Waals surface area contributed by atoms with Gasteiger partial charge in [-0.15, -0.1) is 0 Å². The van der Waals surface area contributed by atoms with E-state index in [1.54, 1.807) is 18.2 Å². The van der Waals surface area contributed by atoms with Crippen molar-refractivity contribution >= 4 is 27.3 Å². The van der Waals surface area contributed by atoms with Crippen LogP contribution in [0.2, 0.25) is 0 Å². The maximum atomic E-state index is 12.1. The molecule has 1 aliphatic heterocycles. The van der Waals surface area contributed by atoms with E-state index >= 15 is 0 Å². The largest absolute Gasteiger partial charge is 0.372 e. The van der Waals surface area contributed by atoms with Gasteiger partial charge in [0.1, 0.15) is 0 Å². The number of amides is 1. The molecule has 7 heteroatoms. The van der Waals surface area contributed by atoms with E-state index in [4.69, 9.17) is 0 Å². The molecule has 0 radical (unpaired) electrons. The first-order chi connectivity index (χ1) is 12.9. The summed E-state index contributed by atoms with van der Waals surface area (Å²) in [6.07, 6.45) is 2.39. The van der Waals surface area contributed by atoms with Crippen LogP contribution in [0.25, 0.3) is 0 Å². The molecule has 2 aromatic carbocycles. The van der Waals surface area contributed by atoms with Crippen LogP contribution in [0.3, 0.4) is 0 Å². The van der Waals surface area contributed by atoms with Crippen molar-refractivity contribution < 1.29 is 13.2 Å². The van der Waals surface area contributed by atoms with Crippen molar-refractivity contribution in [3.05, 3.63) is 54.6 Å². The van der Waals surface area contributed by atoms with Gasteiger partial charge in [0.25, 0.3) is 0 Å². The molecule has 0 aromatic heterocycles. The Labute approximate surface area is 160 Å². The summed E-state index contributed by atoms with van der Waals surface area (Å²) in [6.45, 7) is 4.06. The second-order valence-corrected chi connectivity index (χ2v) is 8.67. The maximum absolute atomic E-state index is 12.1. The zero-order valence-corrected chi connectivity index (χ0v) is 16.2. The number of carbonyl (C=O) groups excluding carboxylic acids is 1. The molecular weight excluding hydrogens is 362 g/mol. The molecule has 144 valence electrons. The number of hydrogen-bond acceptors (Lipinski definition) is 4. The van der Waals surface area contributed by atoms with Crippen molar-refractivity contribution in [2.75, 3.05) is 29.9 Å². The van der Waals surface area contributed by atoms with E-state index in [9.17, 15) is 13.2 Å². The smallest absolute Gasteiger partial charge is 0.241 e. The van der Waals surface area contributed by atoms with Gasteiger partial charge < -0.3 is 10.2 Å². The van der Waals surface area contributed by atoms with Gasteiger partial charge in [0.2, 0.25) is 15.9 Å². The molecule has 2 aromatic rings. The second-order valence-electron chi connectivity index (χ2n) is 6.90. The van der Waals surface area contributed by atoms with Crippen LogP contribution >= 0.6 is 0 Å². The molecule has 1 saturated heterocycles. The van der Waals surface area contributed by atoms with Crippen molar-refractivity contribution in [1.29, 1.82) is 0 Å². The summed E-state index contributed by atoms with van der Waals surface area (Å²) >= 11 is 0. The highest BCUT2D eigenvalue weighted by Crippen LogP contribution is 2.24. The molecule has 1 heterocycles. The van der Waals surface area contributed by atoms with Gasteiger partial charge in [-0.25, -0.2) is 13.1 Å². The van der Waals surface area contributed by atoms with E-state index < -0.39 is 15.9 Å². The highest BCUT2D eigenvalue weighted by molar-refractivity contribution is 7.89. The van der Waals surface area contributed by atoms with Crippen molar-refractivity contribution in [2.45, 2.75) is 24.7 Å². The zero-order valence-electron chi connectivity index (χ0n) is 15.4. The molecule has 27 heavy (non-hydrogen) atoms. The number of hydrogen-bond donors (Lipinski definition) is 2. The van der Waals surface area contributed by atoms with Crippen molar-refractivity contribution in [3.8, 4) is 0 Å². The van der Waals surface area contributed by atoms with Crippen molar-refractivity contribution in [1.82, 2.24) is 4.72 Å². The minimum atomic E-state index is -3.69. The highest BCUT2D eigenvalue weighted by Gasteiger charge is 2.17. The van der Waals surface area contributed by atoms with Gasteiger partial charge in [-0.1, -0.05) is 25.1 Å². The lowest BCUT2D eigenvalue weighted by atomic mass is 9.99. The average Bonchev–Trinajstić information content (AvgIpc) is 2.68. The predicted molar refractivity (Wildman–Crippen MR) is 107 cm³/mol. The Morgan fingerprint density at radius 2 is 1.67 bits per heavy atom. The summed E-state index contributed by atoms with van der Waals surface area (Å²) in [5.41, 5.74) is 1.79. The molecule has 0 unspecified atom stereocenters. The third-order valence-electron chi connectivity index (χ3n) is 4.78. The van der Waals surface area contributed by atoms with Gasteiger partial charge in [0.05, 0.1) is 11.4 Å². The first-order valence-electron chi connectivity index (χ1n) is 9.13. The normalized spacial score (nSPS) is 15.5. The molecule has 0 bridgehead atoms. The van der Waals surface area contributed by atoms with Crippen LogP contribution in [-0.2, 0) is 14.8 Å². The summed E-state index contributed by atoms with van der Waals surface area (Å²) < 4.78 is 26.6. The molecule has 0 aliphatic carbocycles. The number of anilines is 2. The van der Waals surface area contributed by atoms with Crippen LogP contribution in [0.15, 0.2) is 59.5 Å². The summed E-state index contributed by atoms with van der Waals surface area (Å²) in [7, 11) is -3.69. The Morgan fingerprint density at radius 3 is 2.30 bits per heavy atom. The van der Waals surface area contributed by atoms with Crippen molar-refractivity contribution in [3.63, 3.8) is 0 Å². The van der Waals surface area contributed by atoms with E-state index in [0.29, 0.717) is 5.69 Å². The summed E-state index contributed by atoms with van der Waals surface area (Å²) in [4.78, 5) is 14.5. The Balaban J connectivity index is 1.52. The van der Waals surface area contributed by atoms with Crippen LogP contribution in [0.4, 0.5) is 11.4 Å². The minimum Gasteiger partial charge on any atom is -0.372 e. The molecule has 0 saturated carbocycles. The highest BCUT2D eigenvalue weighted by atomic mass is 32.2. The predicted octanol–water partition coefficient (Wildman–Crippen LogP) is 2.84. The first-order valence-corrected chi connectivity index (χ1v) is 10.6. The van der Waals surface area contributed by atoms with Crippen molar-refractivity contribution in [2.24, 2.45) is 5.92 Å². The summed E-state index contributed by atoms with van der Waals surface area (Å²) in [5.74, 6) is 0.369. The molecular formula is C20H25N3O3S. The number of nitrogens with zero attached hydrogens (tertiary/aromatic N) is 1. The van der Waals surface area contributed by atoms with Gasteiger partial charge in [-0.3, -0.25) is 4.79 Å². The van der Waals surface area contributed by atoms with Crippen LogP contribution in [0.5, 0.6) is 0 Å². The standard InChI is InChI=1S/C20H25N3O3S/c1-16-11-13-23(14-12-16)18-9-7-17(8-10-18)22-20(24)15-21-27(25,26)19-5-3-2-4-6-19/h2-10,16,21H,11-15H2,1H3,(H,22,24). The molecule has 2 N–H and O–H groups in total. The van der Waals surface area contributed by atoms with E-state index in [0.717, 1.165) is 24.7 Å². The van der Waals surface area contributed by atoms with Gasteiger partial charge in [-0.2, -0.15) is 0 Å². The van der Waals surface area contributed by atoms with Gasteiger partial charge >= 0.3 is 0 Å². The van der Waals surface area contributed by atoms with E-state index in [-0.39, 0.29) is 11.4 Å². The topological polar surface area (TPSA) is 78.5 Å². The fourth-order valence-corrected chi connectivity index (χ4v) is 4.07. The monoisotopic (exact) mass is 387 g/mol. The molecule has 3 rings (SSSR count). The lowest BCUT2D eigenvalue weighted by Crippen LogP contribution is -2.33. The Bertz CT molecular complexity index is 859. The number of carbonyl (C=O) groups is 1. The van der Waals surface area contributed by atoms with E-state index in [1.807, 2.05) is 24.3 Å². The first kappa shape index (κ1) is 19.4. The third-order valence-corrected chi connectivity index (χ3v) is 6.19. The number of piperidine rings is 1. The van der Waals surface area contributed by atoms with Crippen LogP contribution in [0.1, 0.15) is 19.8 Å². The molecule has 0 atom stereocenters. The van der Waals surface area contributed by atoms with Crippen LogP contribution in [-0.4, -0.2) is 34.0 Å². The summed E-state index contributed by atoms with van der Waals surface area (Å²) in [5, 5.41) is 2.72.